The van der Waals surface area contributed by atoms with E-state index in [0.29, 0.717) is 12.3 Å². The van der Waals surface area contributed by atoms with Gasteiger partial charge >= 0.3 is 7.05 Å². The number of amides is 1. The molecule has 1 N–H and O–H groups in total. The van der Waals surface area contributed by atoms with Crippen LogP contribution < -0.4 is 4.90 Å². The van der Waals surface area contributed by atoms with Crippen molar-refractivity contribution in [2.45, 2.75) is 39.4 Å². The standard InChI is InChI=1S/C17H27BN2O2/c1-3-17(21)20(16-9-5-4-6-10-16)13-11-15-8-7-12-19(14-15)18(2)22/h4-6,9-10,15,22H,3,7-8,11-14H2,1-2H3. The van der Waals surface area contributed by atoms with Gasteiger partial charge in [-0.05, 0) is 57.2 Å². The molecule has 1 unspecified atom stereocenters. The summed E-state index contributed by atoms with van der Waals surface area (Å²) in [5.74, 6) is 0.730. The lowest BCUT2D eigenvalue weighted by atomic mass is 9.80. The molecule has 1 heterocycles. The second-order valence-corrected chi connectivity index (χ2v) is 6.16. The van der Waals surface area contributed by atoms with E-state index < -0.39 is 0 Å². The van der Waals surface area contributed by atoms with Gasteiger partial charge in [-0.2, -0.15) is 0 Å². The largest absolute Gasteiger partial charge is 0.437 e. The van der Waals surface area contributed by atoms with Gasteiger partial charge in [-0.25, -0.2) is 0 Å². The van der Waals surface area contributed by atoms with Gasteiger partial charge in [0.2, 0.25) is 5.91 Å². The van der Waals surface area contributed by atoms with Gasteiger partial charge in [0, 0.05) is 18.7 Å². The lowest BCUT2D eigenvalue weighted by Gasteiger charge is -2.34. The first-order valence-corrected chi connectivity index (χ1v) is 8.39. The number of para-hydroxylation sites is 1. The molecule has 1 atom stereocenters. The Morgan fingerprint density at radius 3 is 2.77 bits per heavy atom. The molecule has 4 nitrogen and oxygen atoms in total. The highest BCUT2D eigenvalue weighted by Crippen LogP contribution is 2.22. The molecule has 1 aliphatic heterocycles. The third-order valence-corrected chi connectivity index (χ3v) is 4.51. The Morgan fingerprint density at radius 2 is 2.14 bits per heavy atom. The number of benzene rings is 1. The van der Waals surface area contributed by atoms with Gasteiger partial charge in [-0.15, -0.1) is 0 Å². The molecule has 0 radical (unpaired) electrons. The van der Waals surface area contributed by atoms with Crippen LogP contribution in [0.5, 0.6) is 0 Å². The SMILES string of the molecule is CCC(=O)N(CCC1CCCN(B(C)O)C1)c1ccccc1. The topological polar surface area (TPSA) is 43.8 Å². The molecule has 1 aromatic rings. The summed E-state index contributed by atoms with van der Waals surface area (Å²) in [5, 5.41) is 9.74. The number of hydrogen-bond acceptors (Lipinski definition) is 3. The van der Waals surface area contributed by atoms with Crippen LogP contribution in [0.3, 0.4) is 0 Å². The molecule has 1 amide bonds. The second-order valence-electron chi connectivity index (χ2n) is 6.16. The van der Waals surface area contributed by atoms with Gasteiger partial charge in [-0.3, -0.25) is 4.79 Å². The average molecular weight is 302 g/mol. The fourth-order valence-corrected chi connectivity index (χ4v) is 3.18. The smallest absolute Gasteiger partial charge is 0.376 e. The fraction of sp³-hybridized carbons (Fsp3) is 0.588. The van der Waals surface area contributed by atoms with Gasteiger partial charge in [0.25, 0.3) is 0 Å². The minimum Gasteiger partial charge on any atom is -0.437 e. The molecule has 1 fully saturated rings. The van der Waals surface area contributed by atoms with Gasteiger partial charge in [0.1, 0.15) is 0 Å². The number of hydrogen-bond donors (Lipinski definition) is 1. The number of carbonyl (C=O) groups is 1. The first-order valence-electron chi connectivity index (χ1n) is 8.39. The van der Waals surface area contributed by atoms with Gasteiger partial charge in [0.15, 0.2) is 0 Å². The molecule has 22 heavy (non-hydrogen) atoms. The van der Waals surface area contributed by atoms with Crippen molar-refractivity contribution in [1.82, 2.24) is 4.81 Å². The summed E-state index contributed by atoms with van der Waals surface area (Å²) in [5.41, 5.74) is 0.984. The van der Waals surface area contributed by atoms with Crippen molar-refractivity contribution in [1.29, 1.82) is 0 Å². The average Bonchev–Trinajstić information content (AvgIpc) is 2.56. The highest BCUT2D eigenvalue weighted by molar-refractivity contribution is 6.45. The van der Waals surface area contributed by atoms with Crippen LogP contribution in [0.1, 0.15) is 32.6 Å². The number of piperidine rings is 1. The molecule has 0 bridgehead atoms. The molecular formula is C17H27BN2O2. The van der Waals surface area contributed by atoms with Crippen molar-refractivity contribution in [2.24, 2.45) is 5.92 Å². The van der Waals surface area contributed by atoms with Crippen LogP contribution in [0.4, 0.5) is 5.69 Å². The molecule has 1 saturated heterocycles. The van der Waals surface area contributed by atoms with Crippen LogP contribution in [0.25, 0.3) is 0 Å². The number of nitrogens with zero attached hydrogens (tertiary/aromatic N) is 2. The molecule has 2 rings (SSSR count). The van der Waals surface area contributed by atoms with Crippen LogP contribution >= 0.6 is 0 Å². The zero-order valence-corrected chi connectivity index (χ0v) is 13.7. The lowest BCUT2D eigenvalue weighted by Crippen LogP contribution is -2.45. The van der Waals surface area contributed by atoms with E-state index in [0.717, 1.165) is 38.2 Å². The third-order valence-electron chi connectivity index (χ3n) is 4.51. The molecule has 1 aliphatic rings. The summed E-state index contributed by atoms with van der Waals surface area (Å²) in [4.78, 5) is 16.3. The molecular weight excluding hydrogens is 275 g/mol. The summed E-state index contributed by atoms with van der Waals surface area (Å²) in [7, 11) is -0.370. The Kier molecular flexibility index (Phi) is 6.46. The lowest BCUT2D eigenvalue weighted by molar-refractivity contribution is -0.118. The van der Waals surface area contributed by atoms with Crippen LogP contribution in [0.15, 0.2) is 30.3 Å². The van der Waals surface area contributed by atoms with Gasteiger partial charge < -0.3 is 14.7 Å². The molecule has 120 valence electrons. The summed E-state index contributed by atoms with van der Waals surface area (Å²) in [6.45, 7) is 6.41. The van der Waals surface area contributed by atoms with Crippen molar-refractivity contribution >= 4 is 18.6 Å². The molecule has 0 aromatic heterocycles. The summed E-state index contributed by atoms with van der Waals surface area (Å²) >= 11 is 0. The number of carbonyl (C=O) groups excluding carboxylic acids is 1. The maximum atomic E-state index is 12.2. The quantitative estimate of drug-likeness (QED) is 0.822. The Labute approximate surface area is 134 Å². The second kappa shape index (κ2) is 8.35. The van der Waals surface area contributed by atoms with E-state index in [1.807, 2.05) is 49.0 Å². The van der Waals surface area contributed by atoms with E-state index in [1.54, 1.807) is 0 Å². The van der Waals surface area contributed by atoms with Crippen LogP contribution in [0, 0.1) is 5.92 Å². The number of rotatable bonds is 6. The van der Waals surface area contributed by atoms with Crippen LogP contribution in [-0.2, 0) is 4.79 Å². The minimum absolute atomic E-state index is 0.175. The van der Waals surface area contributed by atoms with E-state index in [9.17, 15) is 9.82 Å². The van der Waals surface area contributed by atoms with E-state index in [4.69, 9.17) is 0 Å². The van der Waals surface area contributed by atoms with E-state index in [2.05, 4.69) is 4.81 Å². The predicted octanol–water partition coefficient (Wildman–Crippen LogP) is 2.64. The van der Waals surface area contributed by atoms with Gasteiger partial charge in [0.05, 0.1) is 0 Å². The highest BCUT2D eigenvalue weighted by atomic mass is 16.2. The van der Waals surface area contributed by atoms with Crippen LogP contribution in [0.2, 0.25) is 6.82 Å². The van der Waals surface area contributed by atoms with Crippen molar-refractivity contribution in [3.63, 3.8) is 0 Å². The van der Waals surface area contributed by atoms with Crippen molar-refractivity contribution in [3.8, 4) is 0 Å². The molecule has 0 spiro atoms. The summed E-state index contributed by atoms with van der Waals surface area (Å²) < 4.78 is 0. The fourth-order valence-electron chi connectivity index (χ4n) is 3.18. The molecule has 0 saturated carbocycles. The summed E-state index contributed by atoms with van der Waals surface area (Å²) in [6.07, 6.45) is 3.83. The predicted molar refractivity (Wildman–Crippen MR) is 91.8 cm³/mol. The van der Waals surface area contributed by atoms with E-state index in [-0.39, 0.29) is 13.0 Å². The minimum atomic E-state index is -0.370. The summed E-state index contributed by atoms with van der Waals surface area (Å²) in [6, 6.07) is 9.91. The van der Waals surface area contributed by atoms with Crippen LogP contribution in [-0.4, -0.2) is 42.4 Å². The highest BCUT2D eigenvalue weighted by Gasteiger charge is 2.25. The first kappa shape index (κ1) is 17.0. The zero-order valence-electron chi connectivity index (χ0n) is 13.7. The van der Waals surface area contributed by atoms with E-state index in [1.165, 1.54) is 6.42 Å². The van der Waals surface area contributed by atoms with Crippen molar-refractivity contribution < 1.29 is 9.82 Å². The van der Waals surface area contributed by atoms with Crippen molar-refractivity contribution in [3.05, 3.63) is 30.3 Å². The Morgan fingerprint density at radius 1 is 1.41 bits per heavy atom. The van der Waals surface area contributed by atoms with Crippen molar-refractivity contribution in [2.75, 3.05) is 24.5 Å². The molecule has 0 aliphatic carbocycles. The Balaban J connectivity index is 1.95. The third kappa shape index (κ3) is 4.58. The maximum absolute atomic E-state index is 12.2. The maximum Gasteiger partial charge on any atom is 0.376 e. The Hall–Kier alpha value is -1.33. The molecule has 1 aromatic carbocycles. The first-order chi connectivity index (χ1) is 10.6. The molecule has 5 heteroatoms. The monoisotopic (exact) mass is 302 g/mol. The van der Waals surface area contributed by atoms with E-state index >= 15 is 0 Å². The Bertz CT molecular complexity index is 467. The normalized spacial score (nSPS) is 19.0. The zero-order chi connectivity index (χ0) is 15.9. The number of anilines is 1. The van der Waals surface area contributed by atoms with Gasteiger partial charge in [-0.1, -0.05) is 25.1 Å².